The molecule has 0 bridgehead atoms. The Hall–Kier alpha value is -2.35. The van der Waals surface area contributed by atoms with E-state index in [1.807, 2.05) is 6.07 Å². The number of nitriles is 1. The molecule has 0 saturated heterocycles. The maximum absolute atomic E-state index is 11.2. The molecule has 5 heteroatoms. The Balaban J connectivity index is 2.68. The van der Waals surface area contributed by atoms with Crippen molar-refractivity contribution in [2.45, 2.75) is 12.5 Å². The second-order valence-electron chi connectivity index (χ2n) is 3.11. The molecule has 0 fully saturated rings. The van der Waals surface area contributed by atoms with Gasteiger partial charge in [-0.15, -0.1) is 0 Å². The summed E-state index contributed by atoms with van der Waals surface area (Å²) in [5.41, 5.74) is 0.628. The highest BCUT2D eigenvalue weighted by Crippen LogP contribution is 2.10. The molecule has 1 atom stereocenters. The largest absolute Gasteiger partial charge is 0.481 e. The van der Waals surface area contributed by atoms with Crippen LogP contribution < -0.4 is 5.32 Å². The van der Waals surface area contributed by atoms with E-state index in [2.05, 4.69) is 5.32 Å². The Kier molecular flexibility index (Phi) is 4.04. The number of aliphatic carboxylic acids is 1. The third kappa shape index (κ3) is 3.42. The first-order chi connectivity index (χ1) is 7.63. The number of carboxylic acid groups (broad SMARTS) is 1. The van der Waals surface area contributed by atoms with Crippen LogP contribution in [0.2, 0.25) is 0 Å². The Labute approximate surface area is 92.3 Å². The molecule has 16 heavy (non-hydrogen) atoms. The molecule has 1 aromatic rings. The zero-order chi connectivity index (χ0) is 12.0. The predicted molar refractivity (Wildman–Crippen MR) is 55.2 cm³/mol. The Morgan fingerprint density at radius 1 is 1.38 bits per heavy atom. The second-order valence-corrected chi connectivity index (χ2v) is 3.11. The molecule has 0 aromatic heterocycles. The SMILES string of the molecule is N#CC(NC(=O)CC(=O)O)c1ccccc1. The molecule has 0 heterocycles. The fraction of sp³-hybridized carbons (Fsp3) is 0.182. The van der Waals surface area contributed by atoms with E-state index in [9.17, 15) is 9.59 Å². The van der Waals surface area contributed by atoms with Crippen molar-refractivity contribution in [1.29, 1.82) is 5.26 Å². The second kappa shape index (κ2) is 5.51. The van der Waals surface area contributed by atoms with E-state index in [-0.39, 0.29) is 0 Å². The zero-order valence-corrected chi connectivity index (χ0v) is 8.38. The lowest BCUT2D eigenvalue weighted by molar-refractivity contribution is -0.140. The topological polar surface area (TPSA) is 90.2 Å². The van der Waals surface area contributed by atoms with Gasteiger partial charge in [0.25, 0.3) is 0 Å². The molecular weight excluding hydrogens is 208 g/mol. The van der Waals surface area contributed by atoms with Crippen LogP contribution in [0, 0.1) is 11.3 Å². The van der Waals surface area contributed by atoms with Gasteiger partial charge in [-0.05, 0) is 5.56 Å². The monoisotopic (exact) mass is 218 g/mol. The van der Waals surface area contributed by atoms with Crippen molar-refractivity contribution in [3.8, 4) is 6.07 Å². The number of carboxylic acids is 1. The fourth-order valence-electron chi connectivity index (χ4n) is 1.19. The zero-order valence-electron chi connectivity index (χ0n) is 8.38. The number of carbonyl (C=O) groups excluding carboxylic acids is 1. The molecule has 1 aromatic carbocycles. The summed E-state index contributed by atoms with van der Waals surface area (Å²) in [7, 11) is 0. The summed E-state index contributed by atoms with van der Waals surface area (Å²) >= 11 is 0. The van der Waals surface area contributed by atoms with Gasteiger partial charge >= 0.3 is 5.97 Å². The molecule has 0 spiro atoms. The highest BCUT2D eigenvalue weighted by Gasteiger charge is 2.15. The third-order valence-electron chi connectivity index (χ3n) is 1.88. The van der Waals surface area contributed by atoms with E-state index < -0.39 is 24.3 Å². The minimum atomic E-state index is -1.22. The molecule has 1 unspecified atom stereocenters. The highest BCUT2D eigenvalue weighted by molar-refractivity contribution is 5.93. The lowest BCUT2D eigenvalue weighted by Crippen LogP contribution is -2.29. The van der Waals surface area contributed by atoms with Crippen molar-refractivity contribution < 1.29 is 14.7 Å². The first kappa shape index (κ1) is 11.7. The van der Waals surface area contributed by atoms with Gasteiger partial charge in [0, 0.05) is 0 Å². The van der Waals surface area contributed by atoms with Crippen molar-refractivity contribution >= 4 is 11.9 Å². The standard InChI is InChI=1S/C11H10N2O3/c12-7-9(8-4-2-1-3-5-8)13-10(14)6-11(15)16/h1-5,9H,6H2,(H,13,14)(H,15,16). The van der Waals surface area contributed by atoms with E-state index in [0.29, 0.717) is 5.56 Å². The number of nitrogens with zero attached hydrogens (tertiary/aromatic N) is 1. The molecule has 82 valence electrons. The average molecular weight is 218 g/mol. The molecule has 5 nitrogen and oxygen atoms in total. The maximum Gasteiger partial charge on any atom is 0.312 e. The van der Waals surface area contributed by atoms with Crippen LogP contribution in [0.1, 0.15) is 18.0 Å². The Bertz CT molecular complexity index is 423. The molecule has 0 radical (unpaired) electrons. The summed E-state index contributed by atoms with van der Waals surface area (Å²) in [5.74, 6) is -1.90. The molecule has 0 aliphatic rings. The number of nitrogens with one attached hydrogen (secondary N) is 1. The van der Waals surface area contributed by atoms with Crippen LogP contribution in [-0.2, 0) is 9.59 Å². The van der Waals surface area contributed by atoms with Gasteiger partial charge in [-0.2, -0.15) is 5.26 Å². The summed E-state index contributed by atoms with van der Waals surface area (Å²) in [6, 6.07) is 9.73. The number of benzene rings is 1. The maximum atomic E-state index is 11.2. The summed E-state index contributed by atoms with van der Waals surface area (Å²) < 4.78 is 0. The van der Waals surface area contributed by atoms with Gasteiger partial charge in [0.15, 0.2) is 0 Å². The van der Waals surface area contributed by atoms with Crippen LogP contribution in [0.5, 0.6) is 0 Å². The summed E-state index contributed by atoms with van der Waals surface area (Å²) in [6.07, 6.45) is -0.634. The quantitative estimate of drug-likeness (QED) is 0.733. The van der Waals surface area contributed by atoms with Crippen LogP contribution in [0.4, 0.5) is 0 Å². The smallest absolute Gasteiger partial charge is 0.312 e. The van der Waals surface area contributed by atoms with E-state index >= 15 is 0 Å². The molecule has 1 rings (SSSR count). The summed E-state index contributed by atoms with van der Waals surface area (Å²) in [5, 5.41) is 19.6. The molecule has 0 aliphatic carbocycles. The summed E-state index contributed by atoms with van der Waals surface area (Å²) in [6.45, 7) is 0. The minimum Gasteiger partial charge on any atom is -0.481 e. The Morgan fingerprint density at radius 2 is 2.00 bits per heavy atom. The van der Waals surface area contributed by atoms with Crippen LogP contribution in [0.25, 0.3) is 0 Å². The third-order valence-corrected chi connectivity index (χ3v) is 1.88. The Morgan fingerprint density at radius 3 is 2.50 bits per heavy atom. The predicted octanol–water partition coefficient (Wildman–Crippen LogP) is 0.842. The van der Waals surface area contributed by atoms with Crippen LogP contribution in [0.3, 0.4) is 0 Å². The van der Waals surface area contributed by atoms with E-state index in [1.54, 1.807) is 30.3 Å². The van der Waals surface area contributed by atoms with Gasteiger partial charge in [0.1, 0.15) is 12.5 Å². The lowest BCUT2D eigenvalue weighted by Gasteiger charge is -2.10. The molecular formula is C11H10N2O3. The minimum absolute atomic E-state index is 0.628. The van der Waals surface area contributed by atoms with Crippen molar-refractivity contribution in [3.05, 3.63) is 35.9 Å². The molecule has 0 aliphatic heterocycles. The number of carbonyl (C=O) groups is 2. The first-order valence-corrected chi connectivity index (χ1v) is 4.59. The number of amides is 1. The average Bonchev–Trinajstić information content (AvgIpc) is 2.26. The van der Waals surface area contributed by atoms with Crippen LogP contribution >= 0.6 is 0 Å². The van der Waals surface area contributed by atoms with Gasteiger partial charge in [0.2, 0.25) is 5.91 Å². The van der Waals surface area contributed by atoms with Crippen molar-refractivity contribution in [3.63, 3.8) is 0 Å². The highest BCUT2D eigenvalue weighted by atomic mass is 16.4. The van der Waals surface area contributed by atoms with E-state index in [1.165, 1.54) is 0 Å². The van der Waals surface area contributed by atoms with E-state index in [4.69, 9.17) is 10.4 Å². The van der Waals surface area contributed by atoms with Gasteiger partial charge in [-0.1, -0.05) is 30.3 Å². The van der Waals surface area contributed by atoms with Gasteiger partial charge in [-0.25, -0.2) is 0 Å². The van der Waals surface area contributed by atoms with Crippen LogP contribution in [0.15, 0.2) is 30.3 Å². The van der Waals surface area contributed by atoms with Gasteiger partial charge < -0.3 is 10.4 Å². The number of hydrogen-bond acceptors (Lipinski definition) is 3. The van der Waals surface area contributed by atoms with E-state index in [0.717, 1.165) is 0 Å². The fourth-order valence-corrected chi connectivity index (χ4v) is 1.19. The van der Waals surface area contributed by atoms with Crippen molar-refractivity contribution in [1.82, 2.24) is 5.32 Å². The molecule has 2 N–H and O–H groups in total. The van der Waals surface area contributed by atoms with Crippen LogP contribution in [-0.4, -0.2) is 17.0 Å². The molecule has 1 amide bonds. The van der Waals surface area contributed by atoms with Crippen molar-refractivity contribution in [2.75, 3.05) is 0 Å². The first-order valence-electron chi connectivity index (χ1n) is 4.59. The molecule has 0 saturated carbocycles. The van der Waals surface area contributed by atoms with Gasteiger partial charge in [0.05, 0.1) is 6.07 Å². The van der Waals surface area contributed by atoms with Gasteiger partial charge in [-0.3, -0.25) is 9.59 Å². The lowest BCUT2D eigenvalue weighted by atomic mass is 10.1. The normalized spacial score (nSPS) is 11.2. The summed E-state index contributed by atoms with van der Waals surface area (Å²) in [4.78, 5) is 21.4. The number of hydrogen-bond donors (Lipinski definition) is 2. The van der Waals surface area contributed by atoms with Crippen molar-refractivity contribution in [2.24, 2.45) is 0 Å². The number of rotatable bonds is 4.